The lowest BCUT2D eigenvalue weighted by Gasteiger charge is -2.51. The number of carbonyl (C=O) groups is 1. The summed E-state index contributed by atoms with van der Waals surface area (Å²) in [5, 5.41) is 0.648. The quantitative estimate of drug-likeness (QED) is 0.338. The summed E-state index contributed by atoms with van der Waals surface area (Å²) in [7, 11) is 1.64. The van der Waals surface area contributed by atoms with Crippen molar-refractivity contribution in [1.29, 1.82) is 0 Å². The highest BCUT2D eigenvalue weighted by Gasteiger charge is 2.57. The van der Waals surface area contributed by atoms with Crippen molar-refractivity contribution in [2.45, 2.75) is 24.9 Å². The second kappa shape index (κ2) is 9.39. The molecule has 5 nitrogen and oxygen atoms in total. The van der Waals surface area contributed by atoms with Crippen LogP contribution in [0.2, 0.25) is 5.02 Å². The second-order valence-corrected chi connectivity index (χ2v) is 8.72. The highest BCUT2D eigenvalue weighted by molar-refractivity contribution is 6.30. The molecular weight excluding hydrogens is 424 g/mol. The number of amides is 2. The molecule has 0 bridgehead atoms. The molecule has 1 unspecified atom stereocenters. The Bertz CT molecular complexity index is 1000. The van der Waals surface area contributed by atoms with Crippen LogP contribution in [0.5, 0.6) is 5.75 Å². The maximum atomic E-state index is 13.9. The first-order chi connectivity index (χ1) is 15.5. The van der Waals surface area contributed by atoms with Crippen LogP contribution in [0.1, 0.15) is 24.0 Å². The molecule has 2 aromatic carbocycles. The number of anilines is 1. The van der Waals surface area contributed by atoms with Crippen LogP contribution in [0.4, 0.5) is 10.5 Å². The van der Waals surface area contributed by atoms with Crippen LogP contribution in [0.3, 0.4) is 0 Å². The molecule has 1 aliphatic carbocycles. The predicted octanol–water partition coefficient (Wildman–Crippen LogP) is 5.78. The number of ether oxygens (including phenoxy) is 2. The Hall–Kier alpha value is -2.76. The van der Waals surface area contributed by atoms with Gasteiger partial charge in [0.25, 0.3) is 0 Å². The van der Waals surface area contributed by atoms with E-state index in [0.29, 0.717) is 37.2 Å². The molecule has 0 aromatic heterocycles. The van der Waals surface area contributed by atoms with E-state index in [-0.39, 0.29) is 6.03 Å². The molecule has 4 rings (SSSR count). The van der Waals surface area contributed by atoms with E-state index < -0.39 is 5.54 Å². The molecule has 1 fully saturated rings. The maximum Gasteiger partial charge on any atom is 0.325 e. The lowest BCUT2D eigenvalue weighted by atomic mass is 9.80. The summed E-state index contributed by atoms with van der Waals surface area (Å²) in [6.45, 7) is 9.38. The van der Waals surface area contributed by atoms with E-state index in [4.69, 9.17) is 21.1 Å². The summed E-state index contributed by atoms with van der Waals surface area (Å²) in [6.07, 6.45) is 5.60. The minimum Gasteiger partial charge on any atom is -0.497 e. The van der Waals surface area contributed by atoms with Crippen LogP contribution in [-0.4, -0.2) is 37.8 Å². The van der Waals surface area contributed by atoms with Crippen LogP contribution in [0, 0.1) is 5.92 Å². The van der Waals surface area contributed by atoms with E-state index in [1.807, 2.05) is 52.3 Å². The third-order valence-electron chi connectivity index (χ3n) is 6.28. The number of nitrogens with zero attached hydrogens (tertiary/aromatic N) is 2. The number of methoxy groups -OCH3 is 1. The molecule has 2 aliphatic rings. The normalized spacial score (nSPS) is 20.1. The number of hydrogen-bond acceptors (Lipinski definition) is 3. The number of fused-ring (bicyclic) bond motifs is 1. The highest BCUT2D eigenvalue weighted by Crippen LogP contribution is 2.55. The monoisotopic (exact) mass is 452 g/mol. The van der Waals surface area contributed by atoms with E-state index >= 15 is 0 Å². The zero-order valence-electron chi connectivity index (χ0n) is 18.4. The Morgan fingerprint density at radius 3 is 2.53 bits per heavy atom. The average Bonchev–Trinajstić information content (AvgIpc) is 3.65. The fourth-order valence-electron chi connectivity index (χ4n) is 4.66. The van der Waals surface area contributed by atoms with Gasteiger partial charge in [-0.05, 0) is 54.7 Å². The van der Waals surface area contributed by atoms with Crippen molar-refractivity contribution in [2.24, 2.45) is 5.92 Å². The van der Waals surface area contributed by atoms with Gasteiger partial charge in [-0.1, -0.05) is 35.9 Å². The number of hydrogen-bond donors (Lipinski definition) is 0. The van der Waals surface area contributed by atoms with Crippen molar-refractivity contribution in [3.8, 4) is 5.75 Å². The largest absolute Gasteiger partial charge is 0.497 e. The Kier molecular flexibility index (Phi) is 6.58. The highest BCUT2D eigenvalue weighted by atomic mass is 35.5. The lowest BCUT2D eigenvalue weighted by Crippen LogP contribution is -2.61. The molecule has 32 heavy (non-hydrogen) atoms. The summed E-state index contributed by atoms with van der Waals surface area (Å²) in [6, 6.07) is 13.5. The van der Waals surface area contributed by atoms with E-state index in [0.717, 1.165) is 35.4 Å². The van der Waals surface area contributed by atoms with E-state index in [1.165, 1.54) is 0 Å². The minimum atomic E-state index is -0.578. The summed E-state index contributed by atoms with van der Waals surface area (Å²) in [4.78, 5) is 17.7. The van der Waals surface area contributed by atoms with Gasteiger partial charge in [-0.15, -0.1) is 13.2 Å². The van der Waals surface area contributed by atoms with Gasteiger partial charge < -0.3 is 14.4 Å². The predicted molar refractivity (Wildman–Crippen MR) is 128 cm³/mol. The van der Waals surface area contributed by atoms with Gasteiger partial charge in [-0.3, -0.25) is 4.90 Å². The summed E-state index contributed by atoms with van der Waals surface area (Å²) >= 11 is 6.48. The van der Waals surface area contributed by atoms with Gasteiger partial charge in [0.2, 0.25) is 0 Å². The van der Waals surface area contributed by atoms with Gasteiger partial charge >= 0.3 is 6.03 Å². The van der Waals surface area contributed by atoms with Crippen molar-refractivity contribution in [1.82, 2.24) is 4.90 Å². The number of benzene rings is 2. The smallest absolute Gasteiger partial charge is 0.325 e. The molecule has 0 saturated heterocycles. The fourth-order valence-corrected chi connectivity index (χ4v) is 4.84. The zero-order chi connectivity index (χ0) is 22.7. The topological polar surface area (TPSA) is 42.0 Å². The third kappa shape index (κ3) is 4.03. The van der Waals surface area contributed by atoms with Gasteiger partial charge in [0.15, 0.2) is 0 Å². The second-order valence-electron chi connectivity index (χ2n) is 8.28. The number of rotatable bonds is 10. The fraction of sp³-hybridized carbons (Fsp3) is 0.346. The van der Waals surface area contributed by atoms with Gasteiger partial charge in [0.1, 0.15) is 5.75 Å². The van der Waals surface area contributed by atoms with Crippen molar-refractivity contribution in [3.63, 3.8) is 0 Å². The summed E-state index contributed by atoms with van der Waals surface area (Å²) < 4.78 is 11.3. The van der Waals surface area contributed by atoms with Crippen LogP contribution >= 0.6 is 11.6 Å². The van der Waals surface area contributed by atoms with Crippen molar-refractivity contribution >= 4 is 23.3 Å². The standard InChI is InChI=1S/C26H29ClN2O3/c1-4-14-29-25(30)28(17-19-6-11-22(31-3)12-7-19)24-13-10-21(27)16-23(24)26(29,20-8-9-20)18-32-15-5-2/h4-7,10-13,16,20H,1-2,8-9,14-15,17-18H2,3H3. The third-order valence-corrected chi connectivity index (χ3v) is 6.52. The van der Waals surface area contributed by atoms with Gasteiger partial charge in [-0.25, -0.2) is 4.79 Å². The van der Waals surface area contributed by atoms with E-state index in [1.54, 1.807) is 19.3 Å². The van der Waals surface area contributed by atoms with Crippen LogP contribution in [-0.2, 0) is 16.8 Å². The number of carbonyl (C=O) groups excluding carboxylic acids is 1. The molecule has 168 valence electrons. The molecule has 0 radical (unpaired) electrons. The Morgan fingerprint density at radius 2 is 1.91 bits per heavy atom. The average molecular weight is 453 g/mol. The molecule has 6 heteroatoms. The minimum absolute atomic E-state index is 0.0513. The first kappa shape index (κ1) is 22.4. The molecule has 2 amide bonds. The zero-order valence-corrected chi connectivity index (χ0v) is 19.2. The van der Waals surface area contributed by atoms with E-state index in [9.17, 15) is 4.79 Å². The first-order valence-corrected chi connectivity index (χ1v) is 11.2. The van der Waals surface area contributed by atoms with Crippen LogP contribution < -0.4 is 9.64 Å². The van der Waals surface area contributed by atoms with E-state index in [2.05, 4.69) is 13.2 Å². The number of urea groups is 1. The summed E-state index contributed by atoms with van der Waals surface area (Å²) in [5.74, 6) is 1.10. The van der Waals surface area contributed by atoms with Gasteiger partial charge in [0.05, 0.1) is 38.1 Å². The Morgan fingerprint density at radius 1 is 1.16 bits per heavy atom. The molecule has 0 N–H and O–H groups in total. The van der Waals surface area contributed by atoms with Crippen LogP contribution in [0.25, 0.3) is 0 Å². The molecule has 2 aromatic rings. The maximum absolute atomic E-state index is 13.9. The van der Waals surface area contributed by atoms with Crippen molar-refractivity contribution < 1.29 is 14.3 Å². The molecule has 1 saturated carbocycles. The lowest BCUT2D eigenvalue weighted by molar-refractivity contribution is 0.00607. The molecule has 1 heterocycles. The molecule has 0 spiro atoms. The summed E-state index contributed by atoms with van der Waals surface area (Å²) in [5.41, 5.74) is 2.35. The SMILES string of the molecule is C=CCOCC1(C2CC2)c2cc(Cl)ccc2N(Cc2ccc(OC)cc2)C(=O)N1CC=C. The van der Waals surface area contributed by atoms with Crippen LogP contribution in [0.15, 0.2) is 67.8 Å². The van der Waals surface area contributed by atoms with Crippen molar-refractivity contribution in [3.05, 3.63) is 83.9 Å². The van der Waals surface area contributed by atoms with Gasteiger partial charge in [-0.2, -0.15) is 0 Å². The molecule has 1 aliphatic heterocycles. The molecule has 1 atom stereocenters. The Balaban J connectivity index is 1.81. The molecular formula is C26H29ClN2O3. The Labute approximate surface area is 194 Å². The number of halogens is 1. The first-order valence-electron chi connectivity index (χ1n) is 10.9. The van der Waals surface area contributed by atoms with Crippen molar-refractivity contribution in [2.75, 3.05) is 31.8 Å². The van der Waals surface area contributed by atoms with Gasteiger partial charge in [0, 0.05) is 17.1 Å².